The predicted octanol–water partition coefficient (Wildman–Crippen LogP) is 4.12. The maximum Gasteiger partial charge on any atom is 0.255 e. The van der Waals surface area contributed by atoms with Crippen LogP contribution in [0.4, 0.5) is 8.78 Å². The maximum absolute atomic E-state index is 13.3. The van der Waals surface area contributed by atoms with Crippen molar-refractivity contribution in [1.29, 1.82) is 0 Å². The zero-order chi connectivity index (χ0) is 16.3. The molecule has 2 aromatic rings. The van der Waals surface area contributed by atoms with Gasteiger partial charge in [-0.15, -0.1) is 0 Å². The molecule has 0 aliphatic heterocycles. The Morgan fingerprint density at radius 3 is 2.59 bits per heavy atom. The van der Waals surface area contributed by atoms with Crippen molar-refractivity contribution in [3.05, 3.63) is 64.2 Å². The van der Waals surface area contributed by atoms with Gasteiger partial charge >= 0.3 is 0 Å². The molecule has 6 heteroatoms. The van der Waals surface area contributed by atoms with Crippen molar-refractivity contribution in [2.45, 2.75) is 13.0 Å². The van der Waals surface area contributed by atoms with Crippen LogP contribution in [-0.2, 0) is 0 Å². The highest BCUT2D eigenvalue weighted by Gasteiger charge is 2.17. The lowest BCUT2D eigenvalue weighted by Gasteiger charge is -2.16. The van der Waals surface area contributed by atoms with Gasteiger partial charge < -0.3 is 10.1 Å². The summed E-state index contributed by atoms with van der Waals surface area (Å²) in [6.07, 6.45) is 0. The lowest BCUT2D eigenvalue weighted by molar-refractivity contribution is 0.0936. The zero-order valence-electron chi connectivity index (χ0n) is 12.0. The van der Waals surface area contributed by atoms with E-state index in [1.807, 2.05) is 0 Å². The van der Waals surface area contributed by atoms with Crippen molar-refractivity contribution in [3.63, 3.8) is 0 Å². The molecular weight excluding hydrogens is 312 g/mol. The van der Waals surface area contributed by atoms with E-state index in [1.165, 1.54) is 37.4 Å². The highest BCUT2D eigenvalue weighted by molar-refractivity contribution is 6.30. The standard InChI is InChI=1S/C16H14ClF2NO2/c1-9(10-3-5-14(19)13(17)7-10)20-16(21)12-8-11(18)4-6-15(12)22-2/h3-9H,1-2H3,(H,20,21). The number of nitrogens with one attached hydrogen (secondary N) is 1. The highest BCUT2D eigenvalue weighted by atomic mass is 35.5. The maximum atomic E-state index is 13.3. The van der Waals surface area contributed by atoms with Gasteiger partial charge in [-0.25, -0.2) is 8.78 Å². The van der Waals surface area contributed by atoms with Gasteiger partial charge in [-0.3, -0.25) is 4.79 Å². The van der Waals surface area contributed by atoms with E-state index in [1.54, 1.807) is 6.92 Å². The van der Waals surface area contributed by atoms with Crippen LogP contribution in [0.15, 0.2) is 36.4 Å². The Morgan fingerprint density at radius 2 is 1.95 bits per heavy atom. The van der Waals surface area contributed by atoms with Gasteiger partial charge in [0.15, 0.2) is 0 Å². The fourth-order valence-electron chi connectivity index (χ4n) is 2.00. The first-order valence-electron chi connectivity index (χ1n) is 6.51. The minimum atomic E-state index is -0.538. The second-order valence-electron chi connectivity index (χ2n) is 4.71. The molecule has 0 saturated carbocycles. The number of carbonyl (C=O) groups is 1. The van der Waals surface area contributed by atoms with Crippen molar-refractivity contribution in [2.24, 2.45) is 0 Å². The largest absolute Gasteiger partial charge is 0.496 e. The third-order valence-corrected chi connectivity index (χ3v) is 3.49. The van der Waals surface area contributed by atoms with E-state index in [0.717, 1.165) is 6.07 Å². The van der Waals surface area contributed by atoms with E-state index in [9.17, 15) is 13.6 Å². The summed E-state index contributed by atoms with van der Waals surface area (Å²) in [5.74, 6) is -1.30. The number of rotatable bonds is 4. The quantitative estimate of drug-likeness (QED) is 0.918. The summed E-state index contributed by atoms with van der Waals surface area (Å²) in [7, 11) is 1.40. The van der Waals surface area contributed by atoms with E-state index in [0.29, 0.717) is 5.56 Å². The number of amides is 1. The molecule has 1 unspecified atom stereocenters. The lowest BCUT2D eigenvalue weighted by atomic mass is 10.1. The molecule has 2 rings (SSSR count). The average molecular weight is 326 g/mol. The van der Waals surface area contributed by atoms with Crippen LogP contribution in [-0.4, -0.2) is 13.0 Å². The first-order chi connectivity index (χ1) is 10.4. The molecule has 0 fully saturated rings. The van der Waals surface area contributed by atoms with E-state index in [2.05, 4.69) is 5.32 Å². The third-order valence-electron chi connectivity index (χ3n) is 3.20. The molecule has 1 atom stereocenters. The molecule has 1 N–H and O–H groups in total. The summed E-state index contributed by atoms with van der Waals surface area (Å²) < 4.78 is 31.5. The number of benzene rings is 2. The summed E-state index contributed by atoms with van der Waals surface area (Å²) in [4.78, 5) is 12.2. The number of halogens is 3. The number of ether oxygens (including phenoxy) is 1. The molecule has 0 spiro atoms. The van der Waals surface area contributed by atoms with Crippen LogP contribution >= 0.6 is 11.6 Å². The SMILES string of the molecule is COc1ccc(F)cc1C(=O)NC(C)c1ccc(F)c(Cl)c1. The fraction of sp³-hybridized carbons (Fsp3) is 0.188. The normalized spacial score (nSPS) is 11.9. The molecule has 0 bridgehead atoms. The van der Waals surface area contributed by atoms with Gasteiger partial charge in [-0.2, -0.15) is 0 Å². The van der Waals surface area contributed by atoms with E-state index < -0.39 is 23.6 Å². The van der Waals surface area contributed by atoms with Crippen LogP contribution in [0.25, 0.3) is 0 Å². The summed E-state index contributed by atoms with van der Waals surface area (Å²) in [5, 5.41) is 2.67. The Bertz CT molecular complexity index is 707. The number of methoxy groups -OCH3 is 1. The van der Waals surface area contributed by atoms with Gasteiger partial charge in [0, 0.05) is 0 Å². The Morgan fingerprint density at radius 1 is 1.23 bits per heavy atom. The molecule has 0 aromatic heterocycles. The number of carbonyl (C=O) groups excluding carboxylic acids is 1. The van der Waals surface area contributed by atoms with Gasteiger partial charge in [0.25, 0.3) is 5.91 Å². The van der Waals surface area contributed by atoms with Crippen LogP contribution in [0.3, 0.4) is 0 Å². The molecule has 0 heterocycles. The molecule has 0 aliphatic rings. The lowest BCUT2D eigenvalue weighted by Crippen LogP contribution is -2.27. The molecule has 1 amide bonds. The predicted molar refractivity (Wildman–Crippen MR) is 80.2 cm³/mol. The van der Waals surface area contributed by atoms with Gasteiger partial charge in [0.2, 0.25) is 0 Å². The topological polar surface area (TPSA) is 38.3 Å². The van der Waals surface area contributed by atoms with Crippen LogP contribution in [0, 0.1) is 11.6 Å². The second kappa shape index (κ2) is 6.75. The van der Waals surface area contributed by atoms with Gasteiger partial charge in [0.05, 0.1) is 23.7 Å². The Hall–Kier alpha value is -2.14. The molecular formula is C16H14ClF2NO2. The third kappa shape index (κ3) is 3.54. The monoisotopic (exact) mass is 325 g/mol. The van der Waals surface area contributed by atoms with E-state index >= 15 is 0 Å². The van der Waals surface area contributed by atoms with Crippen molar-refractivity contribution in [3.8, 4) is 5.75 Å². The van der Waals surface area contributed by atoms with Crippen molar-refractivity contribution >= 4 is 17.5 Å². The molecule has 22 heavy (non-hydrogen) atoms. The molecule has 116 valence electrons. The van der Waals surface area contributed by atoms with Crippen molar-refractivity contribution in [2.75, 3.05) is 7.11 Å². The van der Waals surface area contributed by atoms with Crippen LogP contribution in [0.1, 0.15) is 28.9 Å². The molecule has 0 radical (unpaired) electrons. The molecule has 2 aromatic carbocycles. The molecule has 3 nitrogen and oxygen atoms in total. The van der Waals surface area contributed by atoms with Crippen LogP contribution in [0.2, 0.25) is 5.02 Å². The summed E-state index contributed by atoms with van der Waals surface area (Å²) >= 11 is 5.72. The summed E-state index contributed by atoms with van der Waals surface area (Å²) in [6.45, 7) is 1.72. The van der Waals surface area contributed by atoms with Crippen LogP contribution < -0.4 is 10.1 Å². The smallest absolute Gasteiger partial charge is 0.255 e. The first kappa shape index (κ1) is 16.2. The number of hydrogen-bond acceptors (Lipinski definition) is 2. The van der Waals surface area contributed by atoms with Gasteiger partial charge in [-0.05, 0) is 42.8 Å². The van der Waals surface area contributed by atoms with Crippen molar-refractivity contribution in [1.82, 2.24) is 5.32 Å². The second-order valence-corrected chi connectivity index (χ2v) is 5.12. The van der Waals surface area contributed by atoms with Crippen LogP contribution in [0.5, 0.6) is 5.75 Å². The Labute approximate surface area is 131 Å². The Kier molecular flexibility index (Phi) is 4.98. The fourth-order valence-corrected chi connectivity index (χ4v) is 2.19. The zero-order valence-corrected chi connectivity index (χ0v) is 12.7. The van der Waals surface area contributed by atoms with Gasteiger partial charge in [-0.1, -0.05) is 17.7 Å². The Balaban J connectivity index is 2.21. The average Bonchev–Trinajstić information content (AvgIpc) is 2.49. The number of hydrogen-bond donors (Lipinski definition) is 1. The minimum absolute atomic E-state index is 0.0260. The van der Waals surface area contributed by atoms with Gasteiger partial charge in [0.1, 0.15) is 17.4 Å². The summed E-state index contributed by atoms with van der Waals surface area (Å²) in [5.41, 5.74) is 0.720. The van der Waals surface area contributed by atoms with Crippen molar-refractivity contribution < 1.29 is 18.3 Å². The van der Waals surface area contributed by atoms with E-state index in [4.69, 9.17) is 16.3 Å². The minimum Gasteiger partial charge on any atom is -0.496 e. The van der Waals surface area contributed by atoms with E-state index in [-0.39, 0.29) is 16.3 Å². The first-order valence-corrected chi connectivity index (χ1v) is 6.89. The summed E-state index contributed by atoms with van der Waals surface area (Å²) in [6, 6.07) is 7.43. The molecule has 0 aliphatic carbocycles. The molecule has 0 saturated heterocycles. The highest BCUT2D eigenvalue weighted by Crippen LogP contribution is 2.23.